The molecule has 0 spiro atoms. The van der Waals surface area contributed by atoms with Crippen LogP contribution in [0.4, 0.5) is 0 Å². The Kier molecular flexibility index (Phi) is 22.5. The summed E-state index contributed by atoms with van der Waals surface area (Å²) in [6.45, 7) is 2.26. The van der Waals surface area contributed by atoms with Crippen LogP contribution in [0, 0.1) is 0 Å². The maximum atomic E-state index is 10.3. The molecule has 0 saturated heterocycles. The van der Waals surface area contributed by atoms with Gasteiger partial charge in [0.15, 0.2) is 0 Å². The quantitative estimate of drug-likeness (QED) is 0.174. The standard InChI is InChI=1S/C18H34O2.Hg/c1-2-3-4-5-6-7-8-9-10-11-12-13-14-15-16-17-18(19)20;/h9-10H,2-8,11-17H2,1H3,(H,19,20);/b10-9-;. The number of aliphatic carboxylic acids is 1. The Balaban J connectivity index is 0. The summed E-state index contributed by atoms with van der Waals surface area (Å²) in [5, 5.41) is 8.51. The van der Waals surface area contributed by atoms with Crippen molar-refractivity contribution in [1.29, 1.82) is 0 Å². The van der Waals surface area contributed by atoms with Crippen LogP contribution in [-0.4, -0.2) is 11.1 Å². The molecule has 0 heterocycles. The molecule has 21 heavy (non-hydrogen) atoms. The maximum absolute atomic E-state index is 10.3. The molecule has 0 aliphatic carbocycles. The van der Waals surface area contributed by atoms with Crippen LogP contribution in [0.15, 0.2) is 12.2 Å². The van der Waals surface area contributed by atoms with Crippen molar-refractivity contribution in [2.75, 3.05) is 0 Å². The maximum Gasteiger partial charge on any atom is 0.303 e. The van der Waals surface area contributed by atoms with Gasteiger partial charge in [-0.15, -0.1) is 0 Å². The van der Waals surface area contributed by atoms with Gasteiger partial charge in [0.05, 0.1) is 0 Å². The first kappa shape index (κ1) is 23.4. The molecule has 0 bridgehead atoms. The van der Waals surface area contributed by atoms with E-state index in [0.717, 1.165) is 12.8 Å². The number of allylic oxidation sites excluding steroid dienone is 2. The summed E-state index contributed by atoms with van der Waals surface area (Å²) in [6.07, 6.45) is 21.2. The van der Waals surface area contributed by atoms with Gasteiger partial charge in [-0.05, 0) is 32.1 Å². The van der Waals surface area contributed by atoms with Crippen molar-refractivity contribution in [2.45, 2.75) is 96.8 Å². The fourth-order valence-corrected chi connectivity index (χ4v) is 2.35. The molecule has 0 unspecified atom stereocenters. The Morgan fingerprint density at radius 2 is 1.19 bits per heavy atom. The molecule has 0 rings (SSSR count). The molecule has 0 atom stereocenters. The Bertz CT molecular complexity index is 239. The molecule has 0 amide bonds. The summed E-state index contributed by atoms with van der Waals surface area (Å²) in [5.41, 5.74) is 0. The number of hydrogen-bond donors (Lipinski definition) is 1. The first-order chi connectivity index (χ1) is 9.77. The van der Waals surface area contributed by atoms with Crippen molar-refractivity contribution < 1.29 is 37.6 Å². The molecular weight excluding hydrogens is 449 g/mol. The first-order valence-corrected chi connectivity index (χ1v) is 8.64. The second kappa shape index (κ2) is 20.1. The monoisotopic (exact) mass is 484 g/mol. The molecular formula is C18H34HgO2. The number of carboxylic acid groups (broad SMARTS) is 1. The number of carboxylic acids is 1. The van der Waals surface area contributed by atoms with E-state index in [9.17, 15) is 4.79 Å². The van der Waals surface area contributed by atoms with Crippen LogP contribution < -0.4 is 0 Å². The van der Waals surface area contributed by atoms with Crippen LogP contribution in [0.2, 0.25) is 0 Å². The number of carbonyl (C=O) groups is 1. The summed E-state index contributed by atoms with van der Waals surface area (Å²) < 4.78 is 0. The molecule has 0 aromatic carbocycles. The van der Waals surface area contributed by atoms with Crippen molar-refractivity contribution in [1.82, 2.24) is 0 Å². The van der Waals surface area contributed by atoms with Crippen molar-refractivity contribution >= 4 is 5.97 Å². The molecule has 0 fully saturated rings. The largest absolute Gasteiger partial charge is 0.481 e. The molecule has 2 nitrogen and oxygen atoms in total. The normalized spacial score (nSPS) is 10.7. The fourth-order valence-electron chi connectivity index (χ4n) is 2.35. The van der Waals surface area contributed by atoms with Gasteiger partial charge in [-0.3, -0.25) is 4.79 Å². The van der Waals surface area contributed by atoms with Crippen LogP contribution in [0.5, 0.6) is 0 Å². The fraction of sp³-hybridized carbons (Fsp3) is 0.833. The SMILES string of the molecule is CCCCCCCC/C=C\CCCCCCCC(=O)O.[Hg]. The minimum absolute atomic E-state index is 0. The smallest absolute Gasteiger partial charge is 0.303 e. The van der Waals surface area contributed by atoms with E-state index in [1.165, 1.54) is 70.6 Å². The Labute approximate surface area is 152 Å². The average molecular weight is 483 g/mol. The van der Waals surface area contributed by atoms with Gasteiger partial charge < -0.3 is 5.11 Å². The molecule has 0 aliphatic rings. The van der Waals surface area contributed by atoms with Crippen molar-refractivity contribution in [2.24, 2.45) is 0 Å². The molecule has 1 N–H and O–H groups in total. The predicted octanol–water partition coefficient (Wildman–Crippen LogP) is 6.11. The van der Waals surface area contributed by atoms with Gasteiger partial charge in [0, 0.05) is 34.1 Å². The van der Waals surface area contributed by atoms with E-state index in [1.807, 2.05) is 0 Å². The summed E-state index contributed by atoms with van der Waals surface area (Å²) in [4.78, 5) is 10.3. The van der Waals surface area contributed by atoms with E-state index in [4.69, 9.17) is 5.11 Å². The third-order valence-electron chi connectivity index (χ3n) is 3.65. The zero-order valence-electron chi connectivity index (χ0n) is 14.1. The van der Waals surface area contributed by atoms with Gasteiger partial charge in [0.1, 0.15) is 0 Å². The summed E-state index contributed by atoms with van der Waals surface area (Å²) in [6, 6.07) is 0. The molecule has 0 saturated carbocycles. The third kappa shape index (κ3) is 22.6. The van der Waals surface area contributed by atoms with Crippen molar-refractivity contribution in [3.05, 3.63) is 12.2 Å². The summed E-state index contributed by atoms with van der Waals surface area (Å²) in [5.74, 6) is -0.664. The second-order valence-corrected chi connectivity index (χ2v) is 5.73. The molecule has 0 aromatic rings. The predicted molar refractivity (Wildman–Crippen MR) is 87.1 cm³/mol. The van der Waals surface area contributed by atoms with E-state index < -0.39 is 5.97 Å². The molecule has 0 radical (unpaired) electrons. The summed E-state index contributed by atoms with van der Waals surface area (Å²) >= 11 is 0. The Hall–Kier alpha value is 0.145. The summed E-state index contributed by atoms with van der Waals surface area (Å²) in [7, 11) is 0. The average Bonchev–Trinajstić information content (AvgIpc) is 2.43. The second-order valence-electron chi connectivity index (χ2n) is 5.73. The van der Waals surface area contributed by atoms with Gasteiger partial charge >= 0.3 is 5.97 Å². The van der Waals surface area contributed by atoms with Crippen LogP contribution in [0.1, 0.15) is 96.8 Å². The van der Waals surface area contributed by atoms with Gasteiger partial charge in [-0.1, -0.05) is 70.4 Å². The van der Waals surface area contributed by atoms with Crippen molar-refractivity contribution in [3.63, 3.8) is 0 Å². The minimum Gasteiger partial charge on any atom is -0.481 e. The van der Waals surface area contributed by atoms with Crippen molar-refractivity contribution in [3.8, 4) is 0 Å². The number of hydrogen-bond acceptors (Lipinski definition) is 1. The van der Waals surface area contributed by atoms with Crippen LogP contribution in [-0.2, 0) is 32.5 Å². The first-order valence-electron chi connectivity index (χ1n) is 8.64. The Morgan fingerprint density at radius 3 is 1.67 bits per heavy atom. The van der Waals surface area contributed by atoms with Crippen LogP contribution >= 0.6 is 0 Å². The van der Waals surface area contributed by atoms with E-state index in [1.54, 1.807) is 0 Å². The van der Waals surface area contributed by atoms with E-state index in [2.05, 4.69) is 19.1 Å². The van der Waals surface area contributed by atoms with E-state index >= 15 is 0 Å². The molecule has 0 aromatic heterocycles. The van der Waals surface area contributed by atoms with E-state index in [-0.39, 0.29) is 27.7 Å². The minimum atomic E-state index is -0.664. The third-order valence-corrected chi connectivity index (χ3v) is 3.65. The number of unbranched alkanes of at least 4 members (excludes halogenated alkanes) is 11. The molecule has 0 aliphatic heterocycles. The van der Waals surface area contributed by atoms with Gasteiger partial charge in [-0.25, -0.2) is 0 Å². The van der Waals surface area contributed by atoms with Gasteiger partial charge in [-0.2, -0.15) is 0 Å². The van der Waals surface area contributed by atoms with Crippen LogP contribution in [0.25, 0.3) is 0 Å². The van der Waals surface area contributed by atoms with E-state index in [0.29, 0.717) is 6.42 Å². The number of rotatable bonds is 15. The Morgan fingerprint density at radius 1 is 0.762 bits per heavy atom. The molecule has 3 heteroatoms. The zero-order chi connectivity index (χ0) is 14.9. The molecule has 120 valence electrons. The zero-order valence-corrected chi connectivity index (χ0v) is 19.6. The van der Waals surface area contributed by atoms with Gasteiger partial charge in [0.2, 0.25) is 0 Å². The van der Waals surface area contributed by atoms with Gasteiger partial charge in [0.25, 0.3) is 0 Å². The van der Waals surface area contributed by atoms with Crippen LogP contribution in [0.3, 0.4) is 0 Å². The topological polar surface area (TPSA) is 37.3 Å².